The number of para-hydroxylation sites is 1. The van der Waals surface area contributed by atoms with Gasteiger partial charge in [0.15, 0.2) is 0 Å². The van der Waals surface area contributed by atoms with Gasteiger partial charge in [0.05, 0.1) is 12.5 Å². The van der Waals surface area contributed by atoms with Crippen LogP contribution in [-0.4, -0.2) is 37.1 Å². The largest absolute Gasteiger partial charge is 0.435 e. The van der Waals surface area contributed by atoms with E-state index in [0.29, 0.717) is 30.8 Å². The summed E-state index contributed by atoms with van der Waals surface area (Å²) in [4.78, 5) is 14.5. The summed E-state index contributed by atoms with van der Waals surface area (Å²) in [6.07, 6.45) is -0.0608. The molecule has 138 valence electrons. The monoisotopic (exact) mass is 364 g/mol. The zero-order valence-corrected chi connectivity index (χ0v) is 14.0. The highest BCUT2D eigenvalue weighted by molar-refractivity contribution is 5.80. The summed E-state index contributed by atoms with van der Waals surface area (Å²) in [5.74, 6) is -0.587. The van der Waals surface area contributed by atoms with Crippen molar-refractivity contribution in [1.82, 2.24) is 10.2 Å². The SMILES string of the molecule is O=C(Cc1ccccc1OC(F)F)N1CCNCC1c1cccc(F)c1. The smallest absolute Gasteiger partial charge is 0.387 e. The molecular weight excluding hydrogens is 345 g/mol. The predicted molar refractivity (Wildman–Crippen MR) is 90.5 cm³/mol. The van der Waals surface area contributed by atoms with Crippen LogP contribution in [0.4, 0.5) is 13.2 Å². The molecule has 0 bridgehead atoms. The highest BCUT2D eigenvalue weighted by Gasteiger charge is 2.28. The van der Waals surface area contributed by atoms with Crippen LogP contribution < -0.4 is 10.1 Å². The molecule has 1 amide bonds. The Balaban J connectivity index is 1.79. The summed E-state index contributed by atoms with van der Waals surface area (Å²) in [5.41, 5.74) is 1.09. The third-order valence-corrected chi connectivity index (χ3v) is 4.33. The molecule has 7 heteroatoms. The molecule has 2 aromatic carbocycles. The maximum Gasteiger partial charge on any atom is 0.387 e. The summed E-state index contributed by atoms with van der Waals surface area (Å²) in [6, 6.07) is 12.1. The molecule has 0 aromatic heterocycles. The molecule has 3 rings (SSSR count). The van der Waals surface area contributed by atoms with Gasteiger partial charge in [-0.25, -0.2) is 4.39 Å². The van der Waals surface area contributed by atoms with Gasteiger partial charge < -0.3 is 15.0 Å². The molecule has 26 heavy (non-hydrogen) atoms. The number of hydrogen-bond donors (Lipinski definition) is 1. The van der Waals surface area contributed by atoms with Crippen LogP contribution >= 0.6 is 0 Å². The Kier molecular flexibility index (Phi) is 5.78. The average molecular weight is 364 g/mol. The highest BCUT2D eigenvalue weighted by atomic mass is 19.3. The lowest BCUT2D eigenvalue weighted by atomic mass is 10.0. The van der Waals surface area contributed by atoms with Gasteiger partial charge in [0.2, 0.25) is 5.91 Å². The van der Waals surface area contributed by atoms with E-state index in [-0.39, 0.29) is 29.9 Å². The first-order valence-electron chi connectivity index (χ1n) is 8.33. The molecular formula is C19H19F3N2O2. The van der Waals surface area contributed by atoms with Crippen molar-refractivity contribution in [3.8, 4) is 5.75 Å². The van der Waals surface area contributed by atoms with Gasteiger partial charge in [0.25, 0.3) is 0 Å². The van der Waals surface area contributed by atoms with Crippen LogP contribution in [-0.2, 0) is 11.2 Å². The summed E-state index contributed by atoms with van der Waals surface area (Å²) < 4.78 is 43.2. The summed E-state index contributed by atoms with van der Waals surface area (Å²) >= 11 is 0. The van der Waals surface area contributed by atoms with E-state index in [2.05, 4.69) is 10.1 Å². The zero-order valence-electron chi connectivity index (χ0n) is 14.0. The van der Waals surface area contributed by atoms with Crippen LogP contribution in [0.25, 0.3) is 0 Å². The van der Waals surface area contributed by atoms with E-state index >= 15 is 0 Å². The molecule has 1 fully saturated rings. The highest BCUT2D eigenvalue weighted by Crippen LogP contribution is 2.26. The van der Waals surface area contributed by atoms with E-state index in [0.717, 1.165) is 0 Å². The van der Waals surface area contributed by atoms with Crippen LogP contribution in [0.1, 0.15) is 17.2 Å². The summed E-state index contributed by atoms with van der Waals surface area (Å²) in [6.45, 7) is -1.37. The second kappa shape index (κ2) is 8.23. The number of nitrogens with zero attached hydrogens (tertiary/aromatic N) is 1. The molecule has 1 heterocycles. The molecule has 0 aliphatic carbocycles. The van der Waals surface area contributed by atoms with Crippen molar-refractivity contribution in [3.05, 3.63) is 65.5 Å². The Morgan fingerprint density at radius 3 is 2.81 bits per heavy atom. The number of piperazine rings is 1. The second-order valence-corrected chi connectivity index (χ2v) is 6.03. The minimum atomic E-state index is -2.95. The van der Waals surface area contributed by atoms with E-state index in [1.54, 1.807) is 35.2 Å². The van der Waals surface area contributed by atoms with E-state index in [1.165, 1.54) is 18.2 Å². The molecule has 1 saturated heterocycles. The Morgan fingerprint density at radius 2 is 2.04 bits per heavy atom. The maximum absolute atomic E-state index is 13.6. The first-order valence-corrected chi connectivity index (χ1v) is 8.33. The fraction of sp³-hybridized carbons (Fsp3) is 0.316. The lowest BCUT2D eigenvalue weighted by Gasteiger charge is -2.36. The molecule has 1 N–H and O–H groups in total. The number of nitrogens with one attached hydrogen (secondary N) is 1. The number of halogens is 3. The Morgan fingerprint density at radius 1 is 1.23 bits per heavy atom. The molecule has 2 aromatic rings. The van der Waals surface area contributed by atoms with Gasteiger partial charge >= 0.3 is 6.61 Å². The van der Waals surface area contributed by atoms with Gasteiger partial charge in [-0.05, 0) is 23.8 Å². The average Bonchev–Trinajstić information content (AvgIpc) is 2.63. The number of carbonyl (C=O) groups excluding carboxylic acids is 1. The molecule has 1 atom stereocenters. The topological polar surface area (TPSA) is 41.6 Å². The first-order chi connectivity index (χ1) is 12.5. The fourth-order valence-corrected chi connectivity index (χ4v) is 3.14. The number of carbonyl (C=O) groups is 1. The summed E-state index contributed by atoms with van der Waals surface area (Å²) in [7, 11) is 0. The molecule has 1 unspecified atom stereocenters. The van der Waals surface area contributed by atoms with Crippen molar-refractivity contribution in [2.75, 3.05) is 19.6 Å². The fourth-order valence-electron chi connectivity index (χ4n) is 3.14. The van der Waals surface area contributed by atoms with Crippen molar-refractivity contribution >= 4 is 5.91 Å². The number of alkyl halides is 2. The number of hydrogen-bond acceptors (Lipinski definition) is 3. The van der Waals surface area contributed by atoms with Crippen molar-refractivity contribution in [2.45, 2.75) is 19.1 Å². The van der Waals surface area contributed by atoms with E-state index in [1.807, 2.05) is 0 Å². The van der Waals surface area contributed by atoms with Crippen LogP contribution in [0.15, 0.2) is 48.5 Å². The van der Waals surface area contributed by atoms with E-state index in [9.17, 15) is 18.0 Å². The van der Waals surface area contributed by atoms with Crippen LogP contribution in [0, 0.1) is 5.82 Å². The van der Waals surface area contributed by atoms with Gasteiger partial charge in [0, 0.05) is 25.2 Å². The molecule has 1 aliphatic rings. The normalized spacial score (nSPS) is 17.4. The summed E-state index contributed by atoms with van der Waals surface area (Å²) in [5, 5.41) is 3.20. The van der Waals surface area contributed by atoms with Crippen molar-refractivity contribution < 1.29 is 22.7 Å². The van der Waals surface area contributed by atoms with Crippen LogP contribution in [0.5, 0.6) is 5.75 Å². The minimum Gasteiger partial charge on any atom is -0.435 e. The lowest BCUT2D eigenvalue weighted by Crippen LogP contribution is -2.49. The van der Waals surface area contributed by atoms with Gasteiger partial charge in [-0.2, -0.15) is 8.78 Å². The third kappa shape index (κ3) is 4.35. The Labute approximate surface area is 149 Å². The van der Waals surface area contributed by atoms with Crippen molar-refractivity contribution in [1.29, 1.82) is 0 Å². The number of ether oxygens (including phenoxy) is 1. The van der Waals surface area contributed by atoms with Crippen molar-refractivity contribution in [3.63, 3.8) is 0 Å². The van der Waals surface area contributed by atoms with Gasteiger partial charge in [-0.15, -0.1) is 0 Å². The molecule has 0 spiro atoms. The second-order valence-electron chi connectivity index (χ2n) is 6.03. The Bertz CT molecular complexity index is 770. The predicted octanol–water partition coefficient (Wildman–Crippen LogP) is 3.14. The maximum atomic E-state index is 13.6. The molecule has 0 radical (unpaired) electrons. The standard InChI is InChI=1S/C19H19F3N2O2/c20-15-6-3-5-13(10-15)16-12-23-8-9-24(16)18(25)11-14-4-1-2-7-17(14)26-19(21)22/h1-7,10,16,19,23H,8-9,11-12H2. The number of amides is 1. The quantitative estimate of drug-likeness (QED) is 0.886. The van der Waals surface area contributed by atoms with Crippen LogP contribution in [0.2, 0.25) is 0 Å². The number of benzene rings is 2. The van der Waals surface area contributed by atoms with E-state index < -0.39 is 6.61 Å². The van der Waals surface area contributed by atoms with Gasteiger partial charge in [0.1, 0.15) is 11.6 Å². The lowest BCUT2D eigenvalue weighted by molar-refractivity contribution is -0.134. The van der Waals surface area contributed by atoms with Gasteiger partial charge in [-0.1, -0.05) is 30.3 Å². The van der Waals surface area contributed by atoms with E-state index in [4.69, 9.17) is 0 Å². The molecule has 4 nitrogen and oxygen atoms in total. The minimum absolute atomic E-state index is 0.00621. The molecule has 1 aliphatic heterocycles. The van der Waals surface area contributed by atoms with Crippen LogP contribution in [0.3, 0.4) is 0 Å². The molecule has 0 saturated carbocycles. The van der Waals surface area contributed by atoms with Crippen molar-refractivity contribution in [2.24, 2.45) is 0 Å². The third-order valence-electron chi connectivity index (χ3n) is 4.33. The first kappa shape index (κ1) is 18.3. The van der Waals surface area contributed by atoms with Gasteiger partial charge in [-0.3, -0.25) is 4.79 Å². The Hall–Kier alpha value is -2.54. The zero-order chi connectivity index (χ0) is 18.5. The number of rotatable bonds is 5.